The highest BCUT2D eigenvalue weighted by atomic mass is 16.3. The lowest BCUT2D eigenvalue weighted by atomic mass is 9.97. The molecule has 2 nitrogen and oxygen atoms in total. The molecular formula is C44H29NO. The van der Waals surface area contributed by atoms with Crippen molar-refractivity contribution >= 4 is 60.5 Å². The fourth-order valence-electron chi connectivity index (χ4n) is 5.96. The minimum absolute atomic E-state index is 0.0442. The van der Waals surface area contributed by atoms with Crippen molar-refractivity contribution in [2.24, 2.45) is 0 Å². The van der Waals surface area contributed by atoms with E-state index in [0.29, 0.717) is 39.4 Å². The van der Waals surface area contributed by atoms with E-state index in [4.69, 9.17) is 23.6 Å². The van der Waals surface area contributed by atoms with Crippen LogP contribution in [0.3, 0.4) is 0 Å². The highest BCUT2D eigenvalue weighted by Gasteiger charge is 2.17. The van der Waals surface area contributed by atoms with Crippen molar-refractivity contribution < 1.29 is 23.6 Å². The van der Waals surface area contributed by atoms with Gasteiger partial charge in [0.2, 0.25) is 0 Å². The maximum absolute atomic E-state index is 9.02. The summed E-state index contributed by atoms with van der Waals surface area (Å²) < 4.78 is 127. The first-order valence-electron chi connectivity index (χ1n) is 21.5. The highest BCUT2D eigenvalue weighted by Crippen LogP contribution is 2.42. The van der Waals surface area contributed by atoms with Gasteiger partial charge < -0.3 is 9.32 Å². The van der Waals surface area contributed by atoms with Gasteiger partial charge in [-0.1, -0.05) is 127 Å². The normalized spacial score (nSPS) is 15.7. The SMILES string of the molecule is [2H]c1c([2H])c([2H])c2c(-c3cccc(N(c4cccc(-c5c([2H])c([2H])c([2H])c6c([2H])c([2H])c([2H])c([2H])c56)c4)c4ccc5oc6ccccc6c5c4)c3)c([2H])c([2H])c([2H])c2c1[2H]. The molecule has 0 aliphatic rings. The molecule has 0 N–H and O–H groups in total. The fraction of sp³-hybridized carbons (Fsp3) is 0. The Morgan fingerprint density at radius 3 is 1.61 bits per heavy atom. The highest BCUT2D eigenvalue weighted by molar-refractivity contribution is 6.07. The van der Waals surface area contributed by atoms with Crippen LogP contribution in [0.1, 0.15) is 19.2 Å². The van der Waals surface area contributed by atoms with Gasteiger partial charge in [-0.05, 0) is 92.3 Å². The summed E-state index contributed by atoms with van der Waals surface area (Å²) in [4.78, 5) is 1.86. The molecule has 0 aliphatic heterocycles. The van der Waals surface area contributed by atoms with E-state index in [1.54, 1.807) is 48.5 Å². The van der Waals surface area contributed by atoms with E-state index >= 15 is 0 Å². The first kappa shape index (κ1) is 15.7. The summed E-state index contributed by atoms with van der Waals surface area (Å²) in [5.74, 6) is 0. The zero-order chi connectivity index (χ0) is 42.6. The largest absolute Gasteiger partial charge is 0.456 e. The first-order chi connectivity index (χ1) is 28.6. The Bertz CT molecular complexity index is 3160. The Morgan fingerprint density at radius 2 is 0.957 bits per heavy atom. The Labute approximate surface area is 287 Å². The number of rotatable bonds is 5. The summed E-state index contributed by atoms with van der Waals surface area (Å²) >= 11 is 0. The molecule has 2 heteroatoms. The summed E-state index contributed by atoms with van der Waals surface area (Å²) in [6.07, 6.45) is 0. The first-order valence-corrected chi connectivity index (χ1v) is 14.5. The van der Waals surface area contributed by atoms with Gasteiger partial charge in [0.15, 0.2) is 0 Å². The predicted octanol–water partition coefficient (Wildman–Crippen LogP) is 12.7. The molecule has 0 fully saturated rings. The molecule has 0 saturated heterocycles. The second-order valence-electron chi connectivity index (χ2n) is 10.7. The number of benzene rings is 8. The van der Waals surface area contributed by atoms with Gasteiger partial charge in [-0.2, -0.15) is 0 Å². The van der Waals surface area contributed by atoms with E-state index in [0.717, 1.165) is 10.8 Å². The van der Waals surface area contributed by atoms with Crippen molar-refractivity contribution in [1.82, 2.24) is 0 Å². The number of para-hydroxylation sites is 1. The van der Waals surface area contributed by atoms with Crippen molar-refractivity contribution in [1.29, 1.82) is 0 Å². The molecule has 9 rings (SSSR count). The van der Waals surface area contributed by atoms with E-state index < -0.39 is 84.6 Å². The van der Waals surface area contributed by atoms with Gasteiger partial charge in [-0.3, -0.25) is 0 Å². The van der Waals surface area contributed by atoms with Crippen LogP contribution in [0.25, 0.3) is 65.7 Å². The quantitative estimate of drug-likeness (QED) is 0.195. The van der Waals surface area contributed by atoms with Gasteiger partial charge in [0.1, 0.15) is 11.2 Å². The fourth-order valence-corrected chi connectivity index (χ4v) is 5.96. The molecule has 216 valence electrons. The topological polar surface area (TPSA) is 16.4 Å². The minimum atomic E-state index is -0.555. The third-order valence-corrected chi connectivity index (χ3v) is 8.03. The molecule has 0 spiro atoms. The lowest BCUT2D eigenvalue weighted by Gasteiger charge is -2.27. The van der Waals surface area contributed by atoms with Gasteiger partial charge in [0, 0.05) is 27.8 Å². The predicted molar refractivity (Wildman–Crippen MR) is 194 cm³/mol. The molecule has 0 bridgehead atoms. The van der Waals surface area contributed by atoms with Crippen LogP contribution in [0.4, 0.5) is 17.1 Å². The lowest BCUT2D eigenvalue weighted by molar-refractivity contribution is 0.669. The van der Waals surface area contributed by atoms with Crippen molar-refractivity contribution in [3.63, 3.8) is 0 Å². The molecular weight excluding hydrogens is 558 g/mol. The van der Waals surface area contributed by atoms with Crippen LogP contribution in [0.15, 0.2) is 180 Å². The van der Waals surface area contributed by atoms with Crippen LogP contribution in [-0.4, -0.2) is 0 Å². The van der Waals surface area contributed by atoms with E-state index in [1.165, 1.54) is 0 Å². The van der Waals surface area contributed by atoms with Crippen LogP contribution in [0.5, 0.6) is 0 Å². The molecule has 46 heavy (non-hydrogen) atoms. The number of anilines is 3. The average Bonchev–Trinajstić information content (AvgIpc) is 3.62. The molecule has 0 aliphatic carbocycles. The van der Waals surface area contributed by atoms with E-state index in [9.17, 15) is 0 Å². The van der Waals surface area contributed by atoms with Crippen molar-refractivity contribution in [2.45, 2.75) is 0 Å². The third-order valence-electron chi connectivity index (χ3n) is 8.03. The summed E-state index contributed by atoms with van der Waals surface area (Å²) in [5.41, 5.74) is 3.65. The standard InChI is InChI=1S/C44H29NO/c1-3-19-37-30(11-1)13-9-22-39(37)32-15-7-17-34(27-32)45(36-25-26-44-42(29-36)41-21-5-6-24-43(41)46-44)35-18-8-16-33(28-35)40-23-10-14-31-12-2-4-20-38(31)40/h1-29H/i1D,2D,3D,4D,9D,10D,11D,12D,13D,14D,19D,20D,22D,23D. The monoisotopic (exact) mass is 601 g/mol. The maximum Gasteiger partial charge on any atom is 0.135 e. The molecule has 0 atom stereocenters. The molecule has 9 aromatic rings. The number of hydrogen-bond donors (Lipinski definition) is 0. The molecule has 0 amide bonds. The third kappa shape index (κ3) is 4.43. The smallest absolute Gasteiger partial charge is 0.135 e. The van der Waals surface area contributed by atoms with E-state index in [2.05, 4.69) is 0 Å². The van der Waals surface area contributed by atoms with Gasteiger partial charge in [-0.15, -0.1) is 0 Å². The molecule has 1 heterocycles. The second-order valence-corrected chi connectivity index (χ2v) is 10.7. The Morgan fingerprint density at radius 1 is 0.413 bits per heavy atom. The van der Waals surface area contributed by atoms with Crippen LogP contribution in [-0.2, 0) is 0 Å². The molecule has 8 aromatic carbocycles. The molecule has 0 unspecified atom stereocenters. The van der Waals surface area contributed by atoms with Crippen molar-refractivity contribution in [3.05, 3.63) is 176 Å². The van der Waals surface area contributed by atoms with E-state index in [1.807, 2.05) is 47.4 Å². The second kappa shape index (κ2) is 10.8. The summed E-state index contributed by atoms with van der Waals surface area (Å²) in [7, 11) is 0. The van der Waals surface area contributed by atoms with Crippen LogP contribution >= 0.6 is 0 Å². The van der Waals surface area contributed by atoms with Gasteiger partial charge in [-0.25, -0.2) is 0 Å². The number of hydrogen-bond acceptors (Lipinski definition) is 2. The number of fused-ring (bicyclic) bond motifs is 5. The maximum atomic E-state index is 9.02. The zero-order valence-electron chi connectivity index (χ0n) is 38.0. The van der Waals surface area contributed by atoms with Gasteiger partial charge in [0.25, 0.3) is 0 Å². The van der Waals surface area contributed by atoms with Gasteiger partial charge >= 0.3 is 0 Å². The van der Waals surface area contributed by atoms with Crippen molar-refractivity contribution in [2.75, 3.05) is 4.90 Å². The van der Waals surface area contributed by atoms with Crippen LogP contribution in [0.2, 0.25) is 0 Å². The van der Waals surface area contributed by atoms with E-state index in [-0.39, 0.29) is 32.7 Å². The molecule has 0 radical (unpaired) electrons. The summed E-state index contributed by atoms with van der Waals surface area (Å²) in [6, 6.07) is 20.1. The number of furan rings is 1. The van der Waals surface area contributed by atoms with Crippen LogP contribution in [0, 0.1) is 0 Å². The minimum Gasteiger partial charge on any atom is -0.456 e. The molecule has 0 saturated carbocycles. The molecule has 1 aromatic heterocycles. The van der Waals surface area contributed by atoms with Crippen molar-refractivity contribution in [3.8, 4) is 22.3 Å². The average molecular weight is 602 g/mol. The Balaban J connectivity index is 1.34. The zero-order valence-corrected chi connectivity index (χ0v) is 24.0. The Hall–Kier alpha value is -6.12. The summed E-state index contributed by atoms with van der Waals surface area (Å²) in [5, 5.41) is 1.18. The lowest BCUT2D eigenvalue weighted by Crippen LogP contribution is -2.10. The summed E-state index contributed by atoms with van der Waals surface area (Å²) in [6.45, 7) is 0. The van der Waals surface area contributed by atoms with Crippen LogP contribution < -0.4 is 4.90 Å². The van der Waals surface area contributed by atoms with Gasteiger partial charge in [0.05, 0.1) is 19.2 Å². The number of nitrogens with zero attached hydrogens (tertiary/aromatic N) is 1. The Kier molecular flexibility index (Phi) is 3.70.